The summed E-state index contributed by atoms with van der Waals surface area (Å²) in [5.74, 6) is -0.267. The molecule has 2 aliphatic rings. The van der Waals surface area contributed by atoms with Gasteiger partial charge in [0.15, 0.2) is 0 Å². The summed E-state index contributed by atoms with van der Waals surface area (Å²) in [7, 11) is 1.39. The molecular formula is C8H10O3. The van der Waals surface area contributed by atoms with Crippen molar-refractivity contribution in [1.82, 2.24) is 0 Å². The Morgan fingerprint density at radius 1 is 1.82 bits per heavy atom. The Hall–Kier alpha value is -0.830. The molecule has 60 valence electrons. The lowest BCUT2D eigenvalue weighted by molar-refractivity contribution is -0.134. The largest absolute Gasteiger partial charge is 0.466 e. The Bertz CT molecular complexity index is 219. The molecule has 0 aromatic carbocycles. The molecule has 0 bridgehead atoms. The molecule has 1 saturated heterocycles. The van der Waals surface area contributed by atoms with Crippen molar-refractivity contribution in [1.29, 1.82) is 0 Å². The number of fused-ring (bicyclic) bond motifs is 1. The lowest BCUT2D eigenvalue weighted by Crippen LogP contribution is -1.98. The first-order valence-electron chi connectivity index (χ1n) is 3.75. The van der Waals surface area contributed by atoms with Crippen molar-refractivity contribution < 1.29 is 14.3 Å². The zero-order valence-corrected chi connectivity index (χ0v) is 6.37. The number of epoxide rings is 1. The summed E-state index contributed by atoms with van der Waals surface area (Å²) in [4.78, 5) is 10.8. The minimum absolute atomic E-state index is 0.245. The average molecular weight is 154 g/mol. The van der Waals surface area contributed by atoms with Crippen LogP contribution in [0.15, 0.2) is 11.6 Å². The Morgan fingerprint density at radius 2 is 2.64 bits per heavy atom. The third-order valence-corrected chi connectivity index (χ3v) is 2.17. The molecule has 2 atom stereocenters. The summed E-state index contributed by atoms with van der Waals surface area (Å²) in [6.07, 6.45) is 4.26. The number of carbonyl (C=O) groups is 1. The minimum Gasteiger partial charge on any atom is -0.466 e. The molecule has 2 fully saturated rings. The molecule has 11 heavy (non-hydrogen) atoms. The van der Waals surface area contributed by atoms with E-state index < -0.39 is 0 Å². The van der Waals surface area contributed by atoms with Crippen molar-refractivity contribution >= 4 is 5.97 Å². The van der Waals surface area contributed by atoms with Crippen molar-refractivity contribution in [3.63, 3.8) is 0 Å². The van der Waals surface area contributed by atoms with Crippen molar-refractivity contribution in [2.24, 2.45) is 0 Å². The van der Waals surface area contributed by atoms with Gasteiger partial charge in [0.2, 0.25) is 0 Å². The fourth-order valence-corrected chi connectivity index (χ4v) is 1.50. The normalized spacial score (nSPS) is 37.0. The molecule has 2 rings (SSSR count). The summed E-state index contributed by atoms with van der Waals surface area (Å²) in [6.45, 7) is 0. The molecule has 0 spiro atoms. The highest BCUT2D eigenvalue weighted by Gasteiger charge is 2.46. The van der Waals surface area contributed by atoms with Gasteiger partial charge in [-0.05, 0) is 18.4 Å². The molecule has 1 saturated carbocycles. The lowest BCUT2D eigenvalue weighted by atomic mass is 10.2. The summed E-state index contributed by atoms with van der Waals surface area (Å²) in [6, 6.07) is 0. The zero-order valence-electron chi connectivity index (χ0n) is 6.37. The maximum Gasteiger partial charge on any atom is 0.330 e. The number of esters is 1. The van der Waals surface area contributed by atoms with E-state index in [9.17, 15) is 4.79 Å². The quantitative estimate of drug-likeness (QED) is 0.316. The second-order valence-corrected chi connectivity index (χ2v) is 2.88. The molecule has 3 heteroatoms. The Morgan fingerprint density at radius 3 is 3.09 bits per heavy atom. The first kappa shape index (κ1) is 6.85. The predicted octanol–water partition coefficient (Wildman–Crippen LogP) is 0.647. The van der Waals surface area contributed by atoms with Crippen molar-refractivity contribution in [3.8, 4) is 0 Å². The van der Waals surface area contributed by atoms with Crippen LogP contribution in [0.4, 0.5) is 0 Å². The number of rotatable bonds is 1. The lowest BCUT2D eigenvalue weighted by Gasteiger charge is -1.96. The second kappa shape index (κ2) is 2.34. The van der Waals surface area contributed by atoms with E-state index in [1.54, 1.807) is 6.08 Å². The van der Waals surface area contributed by atoms with Gasteiger partial charge in [0.1, 0.15) is 6.10 Å². The fraction of sp³-hybridized carbons (Fsp3) is 0.625. The van der Waals surface area contributed by atoms with E-state index in [1.165, 1.54) is 7.11 Å². The van der Waals surface area contributed by atoms with Gasteiger partial charge in [-0.15, -0.1) is 0 Å². The topological polar surface area (TPSA) is 38.8 Å². The van der Waals surface area contributed by atoms with Gasteiger partial charge in [0.25, 0.3) is 0 Å². The molecule has 0 radical (unpaired) electrons. The first-order valence-corrected chi connectivity index (χ1v) is 3.75. The standard InChI is InChI=1S/C8H10O3/c1-10-7(9)4-5-2-3-6-8(5)11-6/h4,6,8H,2-3H2,1H3. The van der Waals surface area contributed by atoms with E-state index in [4.69, 9.17) is 4.74 Å². The van der Waals surface area contributed by atoms with Crippen molar-refractivity contribution in [3.05, 3.63) is 11.6 Å². The van der Waals surface area contributed by atoms with E-state index in [0.29, 0.717) is 6.10 Å². The summed E-state index contributed by atoms with van der Waals surface area (Å²) in [5, 5.41) is 0. The monoisotopic (exact) mass is 154 g/mol. The van der Waals surface area contributed by atoms with E-state index in [0.717, 1.165) is 18.4 Å². The van der Waals surface area contributed by atoms with Gasteiger partial charge < -0.3 is 9.47 Å². The number of methoxy groups -OCH3 is 1. The highest BCUT2D eigenvalue weighted by atomic mass is 16.6. The molecule has 2 unspecified atom stereocenters. The number of carbonyl (C=O) groups excluding carboxylic acids is 1. The van der Waals surface area contributed by atoms with Crippen LogP contribution in [-0.2, 0) is 14.3 Å². The number of hydrogen-bond acceptors (Lipinski definition) is 3. The number of ether oxygens (including phenoxy) is 2. The number of hydrogen-bond donors (Lipinski definition) is 0. The van der Waals surface area contributed by atoms with Crippen LogP contribution >= 0.6 is 0 Å². The van der Waals surface area contributed by atoms with Crippen LogP contribution < -0.4 is 0 Å². The van der Waals surface area contributed by atoms with Crippen molar-refractivity contribution in [2.75, 3.05) is 7.11 Å². The molecule has 1 aliphatic heterocycles. The van der Waals surface area contributed by atoms with Crippen LogP contribution in [0.2, 0.25) is 0 Å². The van der Waals surface area contributed by atoms with Gasteiger partial charge >= 0.3 is 5.97 Å². The summed E-state index contributed by atoms with van der Waals surface area (Å²) in [5.41, 5.74) is 1.10. The van der Waals surface area contributed by atoms with Gasteiger partial charge in [-0.2, -0.15) is 0 Å². The third-order valence-electron chi connectivity index (χ3n) is 2.17. The van der Waals surface area contributed by atoms with E-state index in [1.807, 2.05) is 0 Å². The van der Waals surface area contributed by atoms with Crippen LogP contribution in [0.1, 0.15) is 12.8 Å². The van der Waals surface area contributed by atoms with E-state index in [-0.39, 0.29) is 12.1 Å². The molecule has 0 amide bonds. The minimum atomic E-state index is -0.267. The Labute approximate surface area is 65.0 Å². The molecule has 0 N–H and O–H groups in total. The Kier molecular flexibility index (Phi) is 1.46. The molecule has 1 heterocycles. The van der Waals surface area contributed by atoms with Gasteiger partial charge in [-0.25, -0.2) is 4.79 Å². The maximum atomic E-state index is 10.8. The van der Waals surface area contributed by atoms with Crippen LogP contribution in [0.5, 0.6) is 0 Å². The van der Waals surface area contributed by atoms with Crippen LogP contribution in [0.3, 0.4) is 0 Å². The third kappa shape index (κ3) is 1.16. The second-order valence-electron chi connectivity index (χ2n) is 2.88. The van der Waals surface area contributed by atoms with Crippen LogP contribution in [0, 0.1) is 0 Å². The SMILES string of the molecule is COC(=O)C=C1CCC2OC12. The first-order chi connectivity index (χ1) is 5.31. The van der Waals surface area contributed by atoms with E-state index >= 15 is 0 Å². The van der Waals surface area contributed by atoms with Gasteiger partial charge in [-0.3, -0.25) is 0 Å². The average Bonchev–Trinajstić information content (AvgIpc) is 2.70. The Balaban J connectivity index is 2.03. The summed E-state index contributed by atoms with van der Waals surface area (Å²) < 4.78 is 9.74. The van der Waals surface area contributed by atoms with Gasteiger partial charge in [0.05, 0.1) is 13.2 Å². The van der Waals surface area contributed by atoms with Gasteiger partial charge in [-0.1, -0.05) is 0 Å². The maximum absolute atomic E-state index is 10.8. The molecule has 0 aromatic rings. The molecular weight excluding hydrogens is 144 g/mol. The molecule has 3 nitrogen and oxygen atoms in total. The smallest absolute Gasteiger partial charge is 0.330 e. The van der Waals surface area contributed by atoms with Crippen LogP contribution in [-0.4, -0.2) is 25.3 Å². The zero-order chi connectivity index (χ0) is 7.84. The molecule has 1 aliphatic carbocycles. The van der Waals surface area contributed by atoms with E-state index in [2.05, 4.69) is 4.74 Å². The summed E-state index contributed by atoms with van der Waals surface area (Å²) >= 11 is 0. The van der Waals surface area contributed by atoms with Crippen LogP contribution in [0.25, 0.3) is 0 Å². The fourth-order valence-electron chi connectivity index (χ4n) is 1.50. The highest BCUT2D eigenvalue weighted by molar-refractivity contribution is 5.83. The van der Waals surface area contributed by atoms with Crippen molar-refractivity contribution in [2.45, 2.75) is 25.0 Å². The highest BCUT2D eigenvalue weighted by Crippen LogP contribution is 2.42. The predicted molar refractivity (Wildman–Crippen MR) is 38.0 cm³/mol. The molecule has 0 aromatic heterocycles. The van der Waals surface area contributed by atoms with Gasteiger partial charge in [0, 0.05) is 6.08 Å².